The van der Waals surface area contributed by atoms with Gasteiger partial charge >= 0.3 is 0 Å². The quantitative estimate of drug-likeness (QED) is 0.542. The minimum absolute atomic E-state index is 0.250. The average molecular weight is 383 g/mol. The zero-order valence-electron chi connectivity index (χ0n) is 16.5. The maximum absolute atomic E-state index is 13.4. The van der Waals surface area contributed by atoms with Crippen LogP contribution in [0, 0.1) is 12.7 Å². The van der Waals surface area contributed by atoms with Crippen molar-refractivity contribution in [3.8, 4) is 5.69 Å². The van der Waals surface area contributed by atoms with E-state index < -0.39 is 0 Å². The summed E-state index contributed by atoms with van der Waals surface area (Å²) in [4.78, 5) is 2.02. The second kappa shape index (κ2) is 7.76. The van der Waals surface area contributed by atoms with Crippen LogP contribution in [-0.2, 0) is 0 Å². The van der Waals surface area contributed by atoms with Gasteiger partial charge in [0.15, 0.2) is 0 Å². The van der Waals surface area contributed by atoms with Gasteiger partial charge in [-0.1, -0.05) is 30.4 Å². The summed E-state index contributed by atoms with van der Waals surface area (Å²) < 4.78 is 15.3. The Balaban J connectivity index is 1.73. The predicted octanol–water partition coefficient (Wildman–Crippen LogP) is 6.11. The predicted molar refractivity (Wildman–Crippen MR) is 116 cm³/mol. The van der Waals surface area contributed by atoms with Gasteiger partial charge in [-0.05, 0) is 74.0 Å². The van der Waals surface area contributed by atoms with E-state index in [2.05, 4.69) is 42.9 Å². The molecule has 0 spiro atoms. The number of nitrogens with zero attached hydrogens (tertiary/aromatic N) is 3. The van der Waals surface area contributed by atoms with Gasteiger partial charge in [0.25, 0.3) is 0 Å². The fraction of sp³-hybridized carbons (Fsp3) is 0.0800. The van der Waals surface area contributed by atoms with E-state index in [0.717, 1.165) is 33.9 Å². The third-order valence-corrected chi connectivity index (χ3v) is 4.92. The van der Waals surface area contributed by atoms with Crippen LogP contribution in [0.4, 0.5) is 4.39 Å². The molecular formula is C25H22FN3. The maximum atomic E-state index is 13.4. The van der Waals surface area contributed by atoms with Crippen LogP contribution in [0.5, 0.6) is 0 Å². The van der Waals surface area contributed by atoms with Crippen molar-refractivity contribution in [2.45, 2.75) is 13.8 Å². The number of benzene rings is 2. The van der Waals surface area contributed by atoms with Gasteiger partial charge in [0, 0.05) is 23.2 Å². The Bertz CT molecular complexity index is 1130. The molecule has 2 aromatic carbocycles. The number of aromatic nitrogens is 2. The van der Waals surface area contributed by atoms with E-state index in [-0.39, 0.29) is 5.82 Å². The summed E-state index contributed by atoms with van der Waals surface area (Å²) >= 11 is 0. The molecule has 0 fully saturated rings. The fourth-order valence-electron chi connectivity index (χ4n) is 3.39. The lowest BCUT2D eigenvalue weighted by Crippen LogP contribution is -2.17. The molecule has 0 saturated carbocycles. The summed E-state index contributed by atoms with van der Waals surface area (Å²) in [5, 5.41) is 4.51. The highest BCUT2D eigenvalue weighted by Gasteiger charge is 2.18. The van der Waals surface area contributed by atoms with E-state index in [4.69, 9.17) is 0 Å². The van der Waals surface area contributed by atoms with Crippen molar-refractivity contribution in [1.29, 1.82) is 0 Å². The SMILES string of the molecule is C=C1C=CC(c2ccnn2-c2ccc(C)cc2)=CN1/C(=C\C)c1ccc(F)cc1. The van der Waals surface area contributed by atoms with E-state index in [0.29, 0.717) is 0 Å². The molecule has 0 N–H and O–H groups in total. The van der Waals surface area contributed by atoms with Crippen LogP contribution < -0.4 is 0 Å². The first-order valence-corrected chi connectivity index (χ1v) is 9.48. The zero-order chi connectivity index (χ0) is 20.4. The molecule has 29 heavy (non-hydrogen) atoms. The summed E-state index contributed by atoms with van der Waals surface area (Å²) in [6.45, 7) is 8.20. The number of halogens is 1. The molecule has 0 amide bonds. The molecule has 1 aromatic heterocycles. The molecule has 3 aromatic rings. The Hall–Kier alpha value is -3.66. The third-order valence-electron chi connectivity index (χ3n) is 4.92. The first kappa shape index (κ1) is 18.7. The van der Waals surface area contributed by atoms with Crippen LogP contribution in [0.1, 0.15) is 23.7 Å². The molecule has 0 unspecified atom stereocenters. The maximum Gasteiger partial charge on any atom is 0.123 e. The Morgan fingerprint density at radius 1 is 1.00 bits per heavy atom. The van der Waals surface area contributed by atoms with Gasteiger partial charge in [-0.15, -0.1) is 0 Å². The molecule has 2 heterocycles. The summed E-state index contributed by atoms with van der Waals surface area (Å²) in [7, 11) is 0. The van der Waals surface area contributed by atoms with Gasteiger partial charge < -0.3 is 4.90 Å². The van der Waals surface area contributed by atoms with E-state index >= 15 is 0 Å². The molecule has 0 radical (unpaired) electrons. The third kappa shape index (κ3) is 3.69. The second-order valence-corrected chi connectivity index (χ2v) is 6.92. The van der Waals surface area contributed by atoms with Crippen molar-refractivity contribution in [1.82, 2.24) is 14.7 Å². The van der Waals surface area contributed by atoms with Gasteiger partial charge in [0.05, 0.1) is 17.6 Å². The van der Waals surface area contributed by atoms with Crippen LogP contribution in [0.25, 0.3) is 17.0 Å². The molecule has 0 bridgehead atoms. The van der Waals surface area contributed by atoms with Crippen molar-refractivity contribution in [3.05, 3.63) is 120 Å². The molecule has 4 heteroatoms. The Labute approximate surface area is 170 Å². The Morgan fingerprint density at radius 3 is 2.41 bits per heavy atom. The summed E-state index contributed by atoms with van der Waals surface area (Å²) in [5.74, 6) is -0.250. The van der Waals surface area contributed by atoms with E-state index in [1.807, 2.05) is 47.0 Å². The largest absolute Gasteiger partial charge is 0.317 e. The summed E-state index contributed by atoms with van der Waals surface area (Å²) in [6.07, 6.45) is 9.87. The first-order chi connectivity index (χ1) is 14.1. The monoisotopic (exact) mass is 383 g/mol. The van der Waals surface area contributed by atoms with Crippen LogP contribution in [0.3, 0.4) is 0 Å². The molecule has 1 aliphatic heterocycles. The van der Waals surface area contributed by atoms with Crippen LogP contribution >= 0.6 is 0 Å². The average Bonchev–Trinajstić information content (AvgIpc) is 3.21. The van der Waals surface area contributed by atoms with Crippen molar-refractivity contribution in [3.63, 3.8) is 0 Å². The standard InChI is InChI=1S/C25H22FN3/c1-4-24(20-9-11-22(26)12-10-20)28-17-21(8-7-19(28)3)25-15-16-27-29(25)23-13-5-18(2)6-14-23/h4-17H,3H2,1-2H3/b24-4-. The van der Waals surface area contributed by atoms with Crippen LogP contribution in [0.15, 0.2) is 97.5 Å². The van der Waals surface area contributed by atoms with Crippen molar-refractivity contribution >= 4 is 11.3 Å². The molecule has 0 atom stereocenters. The van der Waals surface area contributed by atoms with Crippen molar-refractivity contribution < 1.29 is 4.39 Å². The summed E-state index contributed by atoms with van der Waals surface area (Å²) in [5.41, 5.74) is 6.91. The summed E-state index contributed by atoms with van der Waals surface area (Å²) in [6, 6.07) is 16.8. The normalized spacial score (nSPS) is 14.3. The smallest absolute Gasteiger partial charge is 0.123 e. The highest BCUT2D eigenvalue weighted by Crippen LogP contribution is 2.31. The second-order valence-electron chi connectivity index (χ2n) is 6.92. The number of hydrogen-bond donors (Lipinski definition) is 0. The minimum Gasteiger partial charge on any atom is -0.317 e. The topological polar surface area (TPSA) is 21.1 Å². The molecule has 4 rings (SSSR count). The number of rotatable bonds is 4. The van der Waals surface area contributed by atoms with Gasteiger partial charge in [0.1, 0.15) is 5.82 Å². The number of hydrogen-bond acceptors (Lipinski definition) is 2. The fourth-order valence-corrected chi connectivity index (χ4v) is 3.39. The van der Waals surface area contributed by atoms with Gasteiger partial charge in [-0.25, -0.2) is 9.07 Å². The molecule has 144 valence electrons. The van der Waals surface area contributed by atoms with Gasteiger partial charge in [0.2, 0.25) is 0 Å². The van der Waals surface area contributed by atoms with E-state index in [1.165, 1.54) is 17.7 Å². The van der Waals surface area contributed by atoms with Crippen LogP contribution in [-0.4, -0.2) is 14.7 Å². The highest BCUT2D eigenvalue weighted by molar-refractivity contribution is 5.79. The van der Waals surface area contributed by atoms with E-state index in [1.54, 1.807) is 18.3 Å². The lowest BCUT2D eigenvalue weighted by atomic mass is 10.1. The zero-order valence-corrected chi connectivity index (χ0v) is 16.5. The molecule has 1 aliphatic rings. The van der Waals surface area contributed by atoms with Gasteiger partial charge in [-0.3, -0.25) is 0 Å². The highest BCUT2D eigenvalue weighted by atomic mass is 19.1. The van der Waals surface area contributed by atoms with Crippen molar-refractivity contribution in [2.75, 3.05) is 0 Å². The number of allylic oxidation sites excluding steroid dienone is 4. The minimum atomic E-state index is -0.250. The Morgan fingerprint density at radius 2 is 1.72 bits per heavy atom. The molecular weight excluding hydrogens is 361 g/mol. The van der Waals surface area contributed by atoms with Crippen LogP contribution in [0.2, 0.25) is 0 Å². The van der Waals surface area contributed by atoms with Gasteiger partial charge in [-0.2, -0.15) is 5.10 Å². The lowest BCUT2D eigenvalue weighted by molar-refractivity contribution is 0.626. The van der Waals surface area contributed by atoms with Crippen molar-refractivity contribution in [2.24, 2.45) is 0 Å². The molecule has 0 aliphatic carbocycles. The lowest BCUT2D eigenvalue weighted by Gasteiger charge is -2.28. The molecule has 0 saturated heterocycles. The number of aryl methyl sites for hydroxylation is 1. The Kier molecular flexibility index (Phi) is 5.00. The first-order valence-electron chi connectivity index (χ1n) is 9.48. The van der Waals surface area contributed by atoms with E-state index in [9.17, 15) is 4.39 Å². The molecule has 3 nitrogen and oxygen atoms in total.